The summed E-state index contributed by atoms with van der Waals surface area (Å²) in [7, 11) is 0. The Balaban J connectivity index is 0.00000289. The van der Waals surface area contributed by atoms with E-state index in [-0.39, 0.29) is 24.0 Å². The van der Waals surface area contributed by atoms with Gasteiger partial charge < -0.3 is 11.1 Å². The van der Waals surface area contributed by atoms with Gasteiger partial charge in [-0.25, -0.2) is 0 Å². The van der Waals surface area contributed by atoms with E-state index in [4.69, 9.17) is 5.73 Å². The van der Waals surface area contributed by atoms with Crippen molar-refractivity contribution in [1.29, 1.82) is 0 Å². The first kappa shape index (κ1) is 17.2. The van der Waals surface area contributed by atoms with Gasteiger partial charge in [0.2, 0.25) is 0 Å². The molecule has 0 aliphatic rings. The number of aryl methyl sites for hydroxylation is 2. The number of guanidine groups is 1. The smallest absolute Gasteiger partial charge is 0.188 e. The van der Waals surface area contributed by atoms with Gasteiger partial charge in [0.15, 0.2) is 5.96 Å². The number of rotatable bonds is 5. The van der Waals surface area contributed by atoms with E-state index in [0.717, 1.165) is 25.9 Å². The molecule has 0 aromatic heterocycles. The number of hydrogen-bond donors (Lipinski definition) is 2. The molecule has 18 heavy (non-hydrogen) atoms. The molecule has 0 aliphatic carbocycles. The van der Waals surface area contributed by atoms with Gasteiger partial charge in [-0.2, -0.15) is 0 Å². The van der Waals surface area contributed by atoms with E-state index in [0.29, 0.717) is 5.96 Å². The predicted octanol–water partition coefficient (Wildman–Crippen LogP) is 2.78. The molecule has 0 atom stereocenters. The van der Waals surface area contributed by atoms with Gasteiger partial charge in [0.25, 0.3) is 0 Å². The number of nitrogens with one attached hydrogen (secondary N) is 1. The van der Waals surface area contributed by atoms with E-state index < -0.39 is 0 Å². The Morgan fingerprint density at radius 3 is 2.44 bits per heavy atom. The third-order valence-corrected chi connectivity index (χ3v) is 2.83. The summed E-state index contributed by atoms with van der Waals surface area (Å²) in [6.45, 7) is 8.02. The van der Waals surface area contributed by atoms with Crippen LogP contribution in [0.5, 0.6) is 0 Å². The van der Waals surface area contributed by atoms with Gasteiger partial charge in [-0.15, -0.1) is 24.0 Å². The molecule has 3 N–H and O–H groups in total. The van der Waals surface area contributed by atoms with Crippen LogP contribution < -0.4 is 11.1 Å². The Hall–Kier alpha value is -0.780. The van der Waals surface area contributed by atoms with Crippen LogP contribution in [0, 0.1) is 13.8 Å². The second kappa shape index (κ2) is 9.19. The molecular formula is C14H24IN3. The molecule has 0 saturated carbocycles. The number of nitrogens with two attached hydrogens (primary N) is 1. The highest BCUT2D eigenvalue weighted by molar-refractivity contribution is 14.0. The standard InChI is InChI=1S/C14H23N3.HI/c1-4-9-16-14(15)17-10-8-13-11(2)6-5-7-12(13)3;/h5-7H,4,8-10H2,1-3H3,(H3,15,16,17);1H. The van der Waals surface area contributed by atoms with Crippen molar-refractivity contribution in [2.24, 2.45) is 10.7 Å². The number of aliphatic imine (C=N–C) groups is 1. The van der Waals surface area contributed by atoms with E-state index in [2.05, 4.69) is 49.3 Å². The van der Waals surface area contributed by atoms with Crippen molar-refractivity contribution in [3.8, 4) is 0 Å². The highest BCUT2D eigenvalue weighted by atomic mass is 127. The van der Waals surface area contributed by atoms with E-state index in [1.165, 1.54) is 16.7 Å². The van der Waals surface area contributed by atoms with Gasteiger partial charge in [0.1, 0.15) is 0 Å². The monoisotopic (exact) mass is 361 g/mol. The third kappa shape index (κ3) is 5.71. The fourth-order valence-corrected chi connectivity index (χ4v) is 1.85. The fourth-order valence-electron chi connectivity index (χ4n) is 1.85. The zero-order chi connectivity index (χ0) is 12.7. The third-order valence-electron chi connectivity index (χ3n) is 2.83. The maximum absolute atomic E-state index is 5.74. The van der Waals surface area contributed by atoms with Crippen LogP contribution in [0.2, 0.25) is 0 Å². The summed E-state index contributed by atoms with van der Waals surface area (Å²) in [5.74, 6) is 0.554. The summed E-state index contributed by atoms with van der Waals surface area (Å²) in [5, 5.41) is 3.15. The first-order valence-corrected chi connectivity index (χ1v) is 6.24. The van der Waals surface area contributed by atoms with Crippen LogP contribution in [0.4, 0.5) is 0 Å². The van der Waals surface area contributed by atoms with Crippen molar-refractivity contribution in [2.75, 3.05) is 13.1 Å². The van der Waals surface area contributed by atoms with Crippen LogP contribution >= 0.6 is 24.0 Å². The second-order valence-electron chi connectivity index (χ2n) is 4.31. The predicted molar refractivity (Wildman–Crippen MR) is 89.8 cm³/mol. The molecule has 102 valence electrons. The van der Waals surface area contributed by atoms with Gasteiger partial charge in [-0.3, -0.25) is 4.99 Å². The molecular weight excluding hydrogens is 337 g/mol. The van der Waals surface area contributed by atoms with Gasteiger partial charge in [0, 0.05) is 13.1 Å². The molecule has 1 rings (SSSR count). The summed E-state index contributed by atoms with van der Waals surface area (Å²) in [6, 6.07) is 6.40. The molecule has 0 radical (unpaired) electrons. The first-order valence-electron chi connectivity index (χ1n) is 6.24. The van der Waals surface area contributed by atoms with Crippen LogP contribution in [0.1, 0.15) is 30.0 Å². The summed E-state index contributed by atoms with van der Waals surface area (Å²) in [5.41, 5.74) is 9.83. The van der Waals surface area contributed by atoms with E-state index in [1.807, 2.05) is 0 Å². The van der Waals surface area contributed by atoms with Crippen molar-refractivity contribution in [2.45, 2.75) is 33.6 Å². The Labute approximate surface area is 127 Å². The number of nitrogens with zero attached hydrogens (tertiary/aromatic N) is 1. The number of benzene rings is 1. The van der Waals surface area contributed by atoms with E-state index in [9.17, 15) is 0 Å². The molecule has 1 aromatic rings. The average molecular weight is 361 g/mol. The Bertz CT molecular complexity index is 368. The van der Waals surface area contributed by atoms with Crippen LogP contribution in [0.3, 0.4) is 0 Å². The minimum Gasteiger partial charge on any atom is -0.370 e. The van der Waals surface area contributed by atoms with Crippen LogP contribution in [-0.2, 0) is 6.42 Å². The van der Waals surface area contributed by atoms with Crippen molar-refractivity contribution in [1.82, 2.24) is 5.32 Å². The average Bonchev–Trinajstić information content (AvgIpc) is 2.30. The van der Waals surface area contributed by atoms with Crippen LogP contribution in [0.25, 0.3) is 0 Å². The molecule has 1 aromatic carbocycles. The zero-order valence-corrected chi connectivity index (χ0v) is 13.8. The minimum absolute atomic E-state index is 0. The molecule has 0 fully saturated rings. The van der Waals surface area contributed by atoms with Crippen LogP contribution in [-0.4, -0.2) is 19.0 Å². The van der Waals surface area contributed by atoms with Crippen LogP contribution in [0.15, 0.2) is 23.2 Å². The fraction of sp³-hybridized carbons (Fsp3) is 0.500. The SMILES string of the molecule is CCCN=C(N)NCCc1c(C)cccc1C.I. The number of halogens is 1. The Morgan fingerprint density at radius 2 is 1.89 bits per heavy atom. The molecule has 0 amide bonds. The number of hydrogen-bond acceptors (Lipinski definition) is 1. The quantitative estimate of drug-likeness (QED) is 0.481. The molecule has 0 aliphatic heterocycles. The van der Waals surface area contributed by atoms with Crippen molar-refractivity contribution in [3.63, 3.8) is 0 Å². The summed E-state index contributed by atoms with van der Waals surface area (Å²) >= 11 is 0. The maximum Gasteiger partial charge on any atom is 0.188 e. The summed E-state index contributed by atoms with van der Waals surface area (Å²) in [6.07, 6.45) is 2.01. The maximum atomic E-state index is 5.74. The molecule has 3 nitrogen and oxygen atoms in total. The van der Waals surface area contributed by atoms with E-state index >= 15 is 0 Å². The molecule has 0 spiro atoms. The molecule has 0 bridgehead atoms. The zero-order valence-electron chi connectivity index (χ0n) is 11.5. The van der Waals surface area contributed by atoms with Gasteiger partial charge in [-0.05, 0) is 43.4 Å². The molecule has 0 saturated heterocycles. The lowest BCUT2D eigenvalue weighted by molar-refractivity contribution is 0.832. The van der Waals surface area contributed by atoms with E-state index in [1.54, 1.807) is 0 Å². The van der Waals surface area contributed by atoms with Gasteiger partial charge >= 0.3 is 0 Å². The summed E-state index contributed by atoms with van der Waals surface area (Å²) in [4.78, 5) is 4.20. The lowest BCUT2D eigenvalue weighted by atomic mass is 10.0. The lowest BCUT2D eigenvalue weighted by Gasteiger charge is -2.10. The highest BCUT2D eigenvalue weighted by Gasteiger charge is 2.01. The molecule has 4 heteroatoms. The summed E-state index contributed by atoms with van der Waals surface area (Å²) < 4.78 is 0. The van der Waals surface area contributed by atoms with Gasteiger partial charge in [-0.1, -0.05) is 25.1 Å². The topological polar surface area (TPSA) is 50.4 Å². The normalized spacial score (nSPS) is 10.9. The minimum atomic E-state index is 0. The van der Waals surface area contributed by atoms with Crippen molar-refractivity contribution < 1.29 is 0 Å². The van der Waals surface area contributed by atoms with Crippen molar-refractivity contribution >= 4 is 29.9 Å². The van der Waals surface area contributed by atoms with Gasteiger partial charge in [0.05, 0.1) is 0 Å². The highest BCUT2D eigenvalue weighted by Crippen LogP contribution is 2.13. The molecule has 0 unspecified atom stereocenters. The first-order chi connectivity index (χ1) is 8.15. The Morgan fingerprint density at radius 1 is 1.28 bits per heavy atom. The molecule has 0 heterocycles. The Kier molecular flexibility index (Phi) is 8.79. The van der Waals surface area contributed by atoms with Crippen molar-refractivity contribution in [3.05, 3.63) is 34.9 Å². The lowest BCUT2D eigenvalue weighted by Crippen LogP contribution is -2.33. The second-order valence-corrected chi connectivity index (χ2v) is 4.31. The largest absolute Gasteiger partial charge is 0.370 e.